The van der Waals surface area contributed by atoms with Crippen LogP contribution in [0.3, 0.4) is 0 Å². The highest BCUT2D eigenvalue weighted by molar-refractivity contribution is 7.14. The quantitative estimate of drug-likeness (QED) is 0.411. The van der Waals surface area contributed by atoms with Crippen LogP contribution < -0.4 is 10.6 Å². The van der Waals surface area contributed by atoms with Gasteiger partial charge in [0.2, 0.25) is 11.8 Å². The molecule has 0 fully saturated rings. The van der Waals surface area contributed by atoms with Crippen LogP contribution in [0.2, 0.25) is 0 Å². The van der Waals surface area contributed by atoms with Crippen LogP contribution in [-0.4, -0.2) is 26.6 Å². The van der Waals surface area contributed by atoms with E-state index in [4.69, 9.17) is 0 Å². The SMILES string of the molecule is Cc1nn(-c2ccccc2)c(C)c1CCC(=O)Nc1nc(-c2ccc3c(c2)CCC(=O)N3)cs1. The van der Waals surface area contributed by atoms with Gasteiger partial charge in [-0.2, -0.15) is 5.10 Å². The van der Waals surface area contributed by atoms with Crippen molar-refractivity contribution in [3.63, 3.8) is 0 Å². The van der Waals surface area contributed by atoms with Gasteiger partial charge in [-0.3, -0.25) is 9.59 Å². The summed E-state index contributed by atoms with van der Waals surface area (Å²) in [6.45, 7) is 4.02. The molecular formula is C26H25N5O2S. The van der Waals surface area contributed by atoms with Crippen LogP contribution in [0.1, 0.15) is 35.4 Å². The van der Waals surface area contributed by atoms with Crippen molar-refractivity contribution < 1.29 is 9.59 Å². The number of hydrogen-bond acceptors (Lipinski definition) is 5. The minimum atomic E-state index is -0.0692. The molecule has 0 atom stereocenters. The fourth-order valence-corrected chi connectivity index (χ4v) is 5.02. The molecule has 0 unspecified atom stereocenters. The summed E-state index contributed by atoms with van der Waals surface area (Å²) in [7, 11) is 0. The molecule has 0 saturated carbocycles. The number of rotatable bonds is 6. The van der Waals surface area contributed by atoms with Gasteiger partial charge >= 0.3 is 0 Å². The Labute approximate surface area is 201 Å². The van der Waals surface area contributed by atoms with Crippen LogP contribution >= 0.6 is 11.3 Å². The van der Waals surface area contributed by atoms with Crippen LogP contribution in [0, 0.1) is 13.8 Å². The van der Waals surface area contributed by atoms with Crippen molar-refractivity contribution in [2.75, 3.05) is 10.6 Å². The maximum absolute atomic E-state index is 12.6. The van der Waals surface area contributed by atoms with Gasteiger partial charge < -0.3 is 10.6 Å². The Kier molecular flexibility index (Phi) is 5.98. The monoisotopic (exact) mass is 471 g/mol. The fourth-order valence-electron chi connectivity index (χ4n) is 4.28. The zero-order valence-corrected chi connectivity index (χ0v) is 19.9. The van der Waals surface area contributed by atoms with E-state index >= 15 is 0 Å². The topological polar surface area (TPSA) is 88.9 Å². The van der Waals surface area contributed by atoms with E-state index in [2.05, 4.69) is 26.8 Å². The largest absolute Gasteiger partial charge is 0.326 e. The van der Waals surface area contributed by atoms with Crippen molar-refractivity contribution in [3.8, 4) is 16.9 Å². The van der Waals surface area contributed by atoms with Gasteiger partial charge in [-0.05, 0) is 62.1 Å². The van der Waals surface area contributed by atoms with Gasteiger partial charge in [-0.1, -0.05) is 24.3 Å². The molecule has 1 aliphatic heterocycles. The molecule has 2 amide bonds. The lowest BCUT2D eigenvalue weighted by Gasteiger charge is -2.17. The summed E-state index contributed by atoms with van der Waals surface area (Å²) in [4.78, 5) is 28.8. The first kappa shape index (κ1) is 22.0. The second-order valence-corrected chi connectivity index (χ2v) is 9.26. The zero-order chi connectivity index (χ0) is 23.7. The minimum absolute atomic E-state index is 0.0525. The standard InChI is InChI=1S/C26H25N5O2S/c1-16-21(17(2)31(30-16)20-6-4-3-5-7-20)10-13-25(33)29-26-28-23(15-34-26)19-8-11-22-18(14-19)9-12-24(32)27-22/h3-8,11,14-15H,9-10,12-13H2,1-2H3,(H,27,32)(H,28,29,33). The number of aryl methyl sites for hydroxylation is 2. The van der Waals surface area contributed by atoms with Crippen LogP contribution in [0.4, 0.5) is 10.8 Å². The third-order valence-electron chi connectivity index (χ3n) is 6.09. The molecule has 0 radical (unpaired) electrons. The van der Waals surface area contributed by atoms with Crippen LogP contribution in [0.5, 0.6) is 0 Å². The molecule has 0 spiro atoms. The Bertz CT molecular complexity index is 1370. The van der Waals surface area contributed by atoms with Gasteiger partial charge in [-0.25, -0.2) is 9.67 Å². The number of hydrogen-bond donors (Lipinski definition) is 2. The molecule has 2 aromatic heterocycles. The number of carbonyl (C=O) groups is 2. The number of carbonyl (C=O) groups excluding carboxylic acids is 2. The highest BCUT2D eigenvalue weighted by atomic mass is 32.1. The summed E-state index contributed by atoms with van der Waals surface area (Å²) in [5.41, 5.74) is 7.87. The molecule has 8 heteroatoms. The number of thiazole rings is 1. The number of nitrogens with one attached hydrogen (secondary N) is 2. The Balaban J connectivity index is 1.23. The molecular weight excluding hydrogens is 446 g/mol. The van der Waals surface area contributed by atoms with E-state index in [1.54, 1.807) is 0 Å². The summed E-state index contributed by atoms with van der Waals surface area (Å²) < 4.78 is 1.93. The molecule has 0 bridgehead atoms. The first-order valence-corrected chi connectivity index (χ1v) is 12.1. The summed E-state index contributed by atoms with van der Waals surface area (Å²) in [6.07, 6.45) is 2.20. The van der Waals surface area contributed by atoms with Crippen LogP contribution in [0.25, 0.3) is 16.9 Å². The smallest absolute Gasteiger partial charge is 0.226 e. The summed E-state index contributed by atoms with van der Waals surface area (Å²) in [5.74, 6) is -0.0166. The number of fused-ring (bicyclic) bond motifs is 1. The number of nitrogens with zero attached hydrogens (tertiary/aromatic N) is 3. The maximum Gasteiger partial charge on any atom is 0.226 e. The van der Waals surface area contributed by atoms with Gasteiger partial charge in [0, 0.05) is 35.2 Å². The lowest BCUT2D eigenvalue weighted by Crippen LogP contribution is -2.18. The van der Waals surface area contributed by atoms with E-state index < -0.39 is 0 Å². The van der Waals surface area contributed by atoms with E-state index in [-0.39, 0.29) is 11.8 Å². The van der Waals surface area contributed by atoms with Gasteiger partial charge in [0.25, 0.3) is 0 Å². The third-order valence-corrected chi connectivity index (χ3v) is 6.85. The summed E-state index contributed by atoms with van der Waals surface area (Å²) in [5, 5.41) is 13.0. The first-order valence-electron chi connectivity index (χ1n) is 11.3. The van der Waals surface area contributed by atoms with Gasteiger partial charge in [0.1, 0.15) is 0 Å². The summed E-state index contributed by atoms with van der Waals surface area (Å²) >= 11 is 1.41. The molecule has 2 N–H and O–H groups in total. The average Bonchev–Trinajstić information content (AvgIpc) is 3.42. The molecule has 172 valence electrons. The van der Waals surface area contributed by atoms with Crippen LogP contribution in [0.15, 0.2) is 53.9 Å². The molecule has 1 aliphatic rings. The Morgan fingerprint density at radius 1 is 1.15 bits per heavy atom. The van der Waals surface area contributed by atoms with E-state index in [1.807, 2.05) is 66.4 Å². The van der Waals surface area contributed by atoms with Gasteiger partial charge in [0.15, 0.2) is 5.13 Å². The van der Waals surface area contributed by atoms with E-state index in [1.165, 1.54) is 11.3 Å². The van der Waals surface area contributed by atoms with E-state index in [0.717, 1.165) is 51.6 Å². The molecule has 0 saturated heterocycles. The Hall–Kier alpha value is -3.78. The maximum atomic E-state index is 12.6. The summed E-state index contributed by atoms with van der Waals surface area (Å²) in [6, 6.07) is 15.9. The average molecular weight is 472 g/mol. The minimum Gasteiger partial charge on any atom is -0.326 e. The Morgan fingerprint density at radius 2 is 1.97 bits per heavy atom. The van der Waals surface area contributed by atoms with Crippen molar-refractivity contribution >= 4 is 34.0 Å². The van der Waals surface area contributed by atoms with E-state index in [0.29, 0.717) is 24.4 Å². The van der Waals surface area contributed by atoms with Gasteiger partial charge in [0.05, 0.1) is 17.1 Å². The number of benzene rings is 2. The molecule has 34 heavy (non-hydrogen) atoms. The van der Waals surface area contributed by atoms with Crippen molar-refractivity contribution in [2.45, 2.75) is 39.5 Å². The van der Waals surface area contributed by atoms with Crippen molar-refractivity contribution in [3.05, 3.63) is 76.4 Å². The van der Waals surface area contributed by atoms with Crippen molar-refractivity contribution in [2.24, 2.45) is 0 Å². The fraction of sp³-hybridized carbons (Fsp3) is 0.231. The molecule has 5 rings (SSSR count). The lowest BCUT2D eigenvalue weighted by atomic mass is 9.99. The third kappa shape index (κ3) is 4.49. The van der Waals surface area contributed by atoms with Crippen molar-refractivity contribution in [1.29, 1.82) is 0 Å². The number of amides is 2. The molecule has 7 nitrogen and oxygen atoms in total. The lowest BCUT2D eigenvalue weighted by molar-refractivity contribution is -0.117. The van der Waals surface area contributed by atoms with Crippen molar-refractivity contribution in [1.82, 2.24) is 14.8 Å². The highest BCUT2D eigenvalue weighted by Crippen LogP contribution is 2.30. The highest BCUT2D eigenvalue weighted by Gasteiger charge is 2.17. The second-order valence-electron chi connectivity index (χ2n) is 8.40. The number of aromatic nitrogens is 3. The Morgan fingerprint density at radius 3 is 2.79 bits per heavy atom. The molecule has 4 aromatic rings. The normalized spacial score (nSPS) is 12.8. The number of anilines is 2. The number of para-hydroxylation sites is 1. The van der Waals surface area contributed by atoms with Crippen LogP contribution in [-0.2, 0) is 22.4 Å². The molecule has 2 aromatic carbocycles. The first-order chi connectivity index (χ1) is 16.5. The predicted octanol–water partition coefficient (Wildman–Crippen LogP) is 5.07. The molecule has 3 heterocycles. The van der Waals surface area contributed by atoms with E-state index in [9.17, 15) is 9.59 Å². The zero-order valence-electron chi connectivity index (χ0n) is 19.1. The molecule has 0 aliphatic carbocycles. The second kappa shape index (κ2) is 9.23. The predicted molar refractivity (Wildman–Crippen MR) is 134 cm³/mol. The van der Waals surface area contributed by atoms with Gasteiger partial charge in [-0.15, -0.1) is 11.3 Å².